The molecule has 180 valence electrons. The van der Waals surface area contributed by atoms with Crippen molar-refractivity contribution >= 4 is 16.8 Å². The number of aromatic nitrogens is 1. The highest BCUT2D eigenvalue weighted by molar-refractivity contribution is 5.99. The van der Waals surface area contributed by atoms with E-state index < -0.39 is 23.4 Å². The summed E-state index contributed by atoms with van der Waals surface area (Å²) in [6, 6.07) is 12.3. The van der Waals surface area contributed by atoms with Crippen molar-refractivity contribution in [2.24, 2.45) is 5.41 Å². The standard InChI is InChI=1S/C24H24F3N3O4/c1-23(2,14-31)13-29-22(32)20-10-16-8-15(11-28)4-6-19(16)30(20)12-17-9-18(34-24(25,26)27)5-7-21(17)33-3/h4-10,31H,12-14H2,1-3H3,(H,29,32). The van der Waals surface area contributed by atoms with E-state index in [1.54, 1.807) is 42.7 Å². The Labute approximate surface area is 194 Å². The molecule has 0 radical (unpaired) electrons. The van der Waals surface area contributed by atoms with Crippen LogP contribution in [0.2, 0.25) is 0 Å². The smallest absolute Gasteiger partial charge is 0.496 e. The van der Waals surface area contributed by atoms with E-state index in [9.17, 15) is 28.3 Å². The molecule has 0 saturated carbocycles. The number of methoxy groups -OCH3 is 1. The predicted octanol–water partition coefficient (Wildman–Crippen LogP) is 4.22. The quantitative estimate of drug-likeness (QED) is 0.509. The highest BCUT2D eigenvalue weighted by Gasteiger charge is 2.31. The first kappa shape index (κ1) is 24.9. The lowest BCUT2D eigenvalue weighted by atomic mass is 9.95. The zero-order valence-corrected chi connectivity index (χ0v) is 18.9. The summed E-state index contributed by atoms with van der Waals surface area (Å²) in [6.45, 7) is 3.65. The van der Waals surface area contributed by atoms with Crippen LogP contribution in [-0.2, 0) is 6.54 Å². The van der Waals surface area contributed by atoms with E-state index in [0.717, 1.165) is 6.07 Å². The number of aliphatic hydroxyl groups is 1. The number of hydrogen-bond acceptors (Lipinski definition) is 5. The Kier molecular flexibility index (Phi) is 7.07. The minimum Gasteiger partial charge on any atom is -0.496 e. The highest BCUT2D eigenvalue weighted by Crippen LogP contribution is 2.31. The highest BCUT2D eigenvalue weighted by atomic mass is 19.4. The maximum Gasteiger partial charge on any atom is 0.573 e. The Balaban J connectivity index is 2.07. The summed E-state index contributed by atoms with van der Waals surface area (Å²) in [7, 11) is 1.39. The van der Waals surface area contributed by atoms with Gasteiger partial charge in [-0.15, -0.1) is 13.2 Å². The SMILES string of the molecule is COc1ccc(OC(F)(F)F)cc1Cn1c(C(=O)NCC(C)(C)CO)cc2cc(C#N)ccc21. The molecule has 0 bridgehead atoms. The van der Waals surface area contributed by atoms with Gasteiger partial charge < -0.3 is 24.5 Å². The van der Waals surface area contributed by atoms with Gasteiger partial charge in [-0.05, 0) is 42.5 Å². The summed E-state index contributed by atoms with van der Waals surface area (Å²) in [5.74, 6) is -0.530. The van der Waals surface area contributed by atoms with E-state index in [4.69, 9.17) is 4.74 Å². The van der Waals surface area contributed by atoms with Crippen molar-refractivity contribution in [1.82, 2.24) is 9.88 Å². The number of benzene rings is 2. The number of amides is 1. The van der Waals surface area contributed by atoms with Crippen molar-refractivity contribution in [3.8, 4) is 17.6 Å². The van der Waals surface area contributed by atoms with Crippen LogP contribution in [0.5, 0.6) is 11.5 Å². The minimum absolute atomic E-state index is 0.000221. The Morgan fingerprint density at radius 3 is 2.53 bits per heavy atom. The van der Waals surface area contributed by atoms with Crippen LogP contribution in [0.3, 0.4) is 0 Å². The van der Waals surface area contributed by atoms with Gasteiger partial charge in [0.05, 0.1) is 25.3 Å². The van der Waals surface area contributed by atoms with E-state index in [0.29, 0.717) is 27.8 Å². The third kappa shape index (κ3) is 5.80. The van der Waals surface area contributed by atoms with Gasteiger partial charge in [0.1, 0.15) is 17.2 Å². The van der Waals surface area contributed by atoms with Crippen LogP contribution < -0.4 is 14.8 Å². The largest absolute Gasteiger partial charge is 0.573 e. The van der Waals surface area contributed by atoms with Crippen LogP contribution in [0.15, 0.2) is 42.5 Å². The maximum atomic E-state index is 13.1. The van der Waals surface area contributed by atoms with E-state index in [1.807, 2.05) is 6.07 Å². The molecule has 3 aromatic rings. The van der Waals surface area contributed by atoms with Gasteiger partial charge in [0.2, 0.25) is 0 Å². The first-order valence-electron chi connectivity index (χ1n) is 10.3. The summed E-state index contributed by atoms with van der Waals surface area (Å²) in [6.07, 6.45) is -4.86. The maximum absolute atomic E-state index is 13.1. The third-order valence-electron chi connectivity index (χ3n) is 5.23. The fraction of sp³-hybridized carbons (Fsp3) is 0.333. The van der Waals surface area contributed by atoms with Crippen molar-refractivity contribution in [2.75, 3.05) is 20.3 Å². The van der Waals surface area contributed by atoms with Gasteiger partial charge in [-0.3, -0.25) is 4.79 Å². The molecule has 0 unspecified atom stereocenters. The lowest BCUT2D eigenvalue weighted by Crippen LogP contribution is -2.36. The van der Waals surface area contributed by atoms with Crippen molar-refractivity contribution in [2.45, 2.75) is 26.8 Å². The van der Waals surface area contributed by atoms with Crippen molar-refractivity contribution in [3.63, 3.8) is 0 Å². The Morgan fingerprint density at radius 1 is 1.18 bits per heavy atom. The Bertz CT molecular complexity index is 1240. The normalized spacial score (nSPS) is 11.8. The molecule has 0 aliphatic heterocycles. The van der Waals surface area contributed by atoms with Crippen LogP contribution in [-0.4, -0.2) is 42.2 Å². The summed E-state index contributed by atoms with van der Waals surface area (Å²) in [5, 5.41) is 22.1. The van der Waals surface area contributed by atoms with Crippen molar-refractivity contribution < 1.29 is 32.5 Å². The Hall–Kier alpha value is -3.71. The second-order valence-electron chi connectivity index (χ2n) is 8.53. The zero-order valence-electron chi connectivity index (χ0n) is 18.9. The van der Waals surface area contributed by atoms with Gasteiger partial charge in [-0.1, -0.05) is 13.8 Å². The molecule has 0 aliphatic carbocycles. The third-order valence-corrected chi connectivity index (χ3v) is 5.23. The number of nitriles is 1. The number of ether oxygens (including phenoxy) is 2. The number of nitrogens with zero attached hydrogens (tertiary/aromatic N) is 2. The van der Waals surface area contributed by atoms with Crippen molar-refractivity contribution in [1.29, 1.82) is 5.26 Å². The summed E-state index contributed by atoms with van der Waals surface area (Å²) in [4.78, 5) is 13.1. The van der Waals surface area contributed by atoms with Crippen molar-refractivity contribution in [3.05, 3.63) is 59.3 Å². The molecule has 10 heteroatoms. The average molecular weight is 475 g/mol. The van der Waals surface area contributed by atoms with E-state index in [1.165, 1.54) is 19.2 Å². The predicted molar refractivity (Wildman–Crippen MR) is 119 cm³/mol. The summed E-state index contributed by atoms with van der Waals surface area (Å²) in [5.41, 5.74) is 1.05. The van der Waals surface area contributed by atoms with Crippen LogP contribution >= 0.6 is 0 Å². The molecule has 0 saturated heterocycles. The van der Waals surface area contributed by atoms with Crippen LogP contribution in [0.1, 0.15) is 35.5 Å². The molecule has 0 spiro atoms. The number of nitrogens with one attached hydrogen (secondary N) is 1. The summed E-state index contributed by atoms with van der Waals surface area (Å²) >= 11 is 0. The molecule has 1 aromatic heterocycles. The number of fused-ring (bicyclic) bond motifs is 1. The summed E-state index contributed by atoms with van der Waals surface area (Å²) < 4.78 is 49.2. The molecule has 0 fully saturated rings. The van der Waals surface area contributed by atoms with Crippen LogP contribution in [0.25, 0.3) is 10.9 Å². The number of aliphatic hydroxyl groups excluding tert-OH is 1. The molecule has 3 rings (SSSR count). The van der Waals surface area contributed by atoms with Gasteiger partial charge in [-0.25, -0.2) is 0 Å². The molecule has 34 heavy (non-hydrogen) atoms. The second kappa shape index (κ2) is 9.65. The number of carbonyl (C=O) groups is 1. The topological polar surface area (TPSA) is 96.5 Å². The second-order valence-corrected chi connectivity index (χ2v) is 8.53. The van der Waals surface area contributed by atoms with E-state index in [-0.39, 0.29) is 25.4 Å². The number of halogens is 3. The number of alkyl halides is 3. The van der Waals surface area contributed by atoms with E-state index in [2.05, 4.69) is 10.1 Å². The Morgan fingerprint density at radius 2 is 1.91 bits per heavy atom. The van der Waals surface area contributed by atoms with E-state index >= 15 is 0 Å². The molecule has 1 amide bonds. The fourth-order valence-electron chi connectivity index (χ4n) is 3.41. The molecule has 7 nitrogen and oxygen atoms in total. The minimum atomic E-state index is -4.86. The first-order valence-corrected chi connectivity index (χ1v) is 10.3. The number of carbonyl (C=O) groups excluding carboxylic acids is 1. The lowest BCUT2D eigenvalue weighted by Gasteiger charge is -2.22. The van der Waals surface area contributed by atoms with Crippen LogP contribution in [0.4, 0.5) is 13.2 Å². The lowest BCUT2D eigenvalue weighted by molar-refractivity contribution is -0.274. The average Bonchev–Trinajstić information content (AvgIpc) is 3.14. The zero-order chi connectivity index (χ0) is 25.1. The van der Waals surface area contributed by atoms with Gasteiger partial charge in [0.15, 0.2) is 0 Å². The van der Waals surface area contributed by atoms with Crippen LogP contribution in [0, 0.1) is 16.7 Å². The number of rotatable bonds is 8. The molecule has 0 aliphatic rings. The first-order chi connectivity index (χ1) is 16.0. The molecule has 0 atom stereocenters. The van der Waals surface area contributed by atoms with Gasteiger partial charge >= 0.3 is 6.36 Å². The number of hydrogen-bond donors (Lipinski definition) is 2. The molecular formula is C24H24F3N3O4. The monoisotopic (exact) mass is 475 g/mol. The molecule has 2 aromatic carbocycles. The molecule has 1 heterocycles. The van der Waals surface area contributed by atoms with Gasteiger partial charge in [-0.2, -0.15) is 5.26 Å². The van der Waals surface area contributed by atoms with Gasteiger partial charge in [0.25, 0.3) is 5.91 Å². The molecule has 2 N–H and O–H groups in total. The molecular weight excluding hydrogens is 451 g/mol. The fourth-order valence-corrected chi connectivity index (χ4v) is 3.41. The van der Waals surface area contributed by atoms with Gasteiger partial charge in [0, 0.05) is 35.0 Å².